The molecule has 0 radical (unpaired) electrons. The van der Waals surface area contributed by atoms with Gasteiger partial charge in [0.25, 0.3) is 0 Å². The molecule has 0 aliphatic rings. The molecule has 0 aliphatic carbocycles. The maximum atomic E-state index is 11.7. The van der Waals surface area contributed by atoms with E-state index in [9.17, 15) is 13.0 Å². The van der Waals surface area contributed by atoms with Crippen molar-refractivity contribution in [3.8, 4) is 0 Å². The van der Waals surface area contributed by atoms with Crippen LogP contribution in [0.25, 0.3) is 10.8 Å². The monoisotopic (exact) mass is 564 g/mol. The topological polar surface area (TPSA) is 54.4 Å². The van der Waals surface area contributed by atoms with Gasteiger partial charge >= 0.3 is 5.97 Å². The van der Waals surface area contributed by atoms with E-state index in [0.29, 0.717) is 3.57 Å². The Hall–Kier alpha value is -1.56. The van der Waals surface area contributed by atoms with Crippen LogP contribution in [0.3, 0.4) is 0 Å². The van der Waals surface area contributed by atoms with Gasteiger partial charge in [-0.15, -0.1) is 0 Å². The van der Waals surface area contributed by atoms with Crippen LogP contribution in [-0.2, 0) is 9.49 Å². The molecular formula is C29H41IO3. The van der Waals surface area contributed by atoms with Crippen molar-refractivity contribution in [3.63, 3.8) is 0 Å². The molecule has 33 heavy (non-hydrogen) atoms. The number of halogens is 1. The largest absolute Gasteiger partial charge is 0.478 e. The number of carboxylic acid groups (broad SMARTS) is 1. The lowest BCUT2D eigenvalue weighted by molar-refractivity contribution is 0.0696. The van der Waals surface area contributed by atoms with Crippen molar-refractivity contribution in [2.45, 2.75) is 103 Å². The molecule has 0 aliphatic heterocycles. The molecule has 2 aromatic carbocycles. The fourth-order valence-corrected chi connectivity index (χ4v) is 5.77. The Bertz CT molecular complexity index is 888. The van der Waals surface area contributed by atoms with Crippen LogP contribution in [-0.4, -0.2) is 11.1 Å². The number of allylic oxidation sites excluding steroid dienone is 2. The second kappa shape index (κ2) is 17.0. The molecule has 182 valence electrons. The van der Waals surface area contributed by atoms with E-state index >= 15 is 0 Å². The number of aryl methyl sites for hydroxylation is 1. The van der Waals surface area contributed by atoms with Crippen molar-refractivity contribution in [1.29, 1.82) is 0 Å². The van der Waals surface area contributed by atoms with E-state index in [1.165, 1.54) is 89.0 Å². The highest BCUT2D eigenvalue weighted by Crippen LogP contribution is 2.30. The molecule has 0 aromatic heterocycles. The van der Waals surface area contributed by atoms with Gasteiger partial charge in [0.2, 0.25) is 0 Å². The van der Waals surface area contributed by atoms with Crippen LogP contribution in [0, 0.1) is 3.57 Å². The quantitative estimate of drug-likeness (QED) is 0.111. The second-order valence-corrected chi connectivity index (χ2v) is 10.5. The highest BCUT2D eigenvalue weighted by molar-refractivity contribution is 14.1. The zero-order chi connectivity index (χ0) is 23.7. The van der Waals surface area contributed by atoms with Crippen molar-refractivity contribution in [2.24, 2.45) is 0 Å². The van der Waals surface area contributed by atoms with Gasteiger partial charge in [0.15, 0.2) is 21.2 Å². The third-order valence-electron chi connectivity index (χ3n) is 6.35. The zero-order valence-corrected chi connectivity index (χ0v) is 22.4. The molecule has 4 heteroatoms. The molecule has 0 heterocycles. The van der Waals surface area contributed by atoms with Gasteiger partial charge in [-0.25, -0.2) is 4.79 Å². The molecule has 0 fully saturated rings. The summed E-state index contributed by atoms with van der Waals surface area (Å²) in [6.45, 7) is 2.27. The minimum absolute atomic E-state index is 0.179. The molecule has 0 amide bonds. The summed E-state index contributed by atoms with van der Waals surface area (Å²) >= 11 is -1.53. The lowest BCUT2D eigenvalue weighted by atomic mass is 9.98. The summed E-state index contributed by atoms with van der Waals surface area (Å²) in [5, 5.41) is 11.3. The Morgan fingerprint density at radius 2 is 1.39 bits per heavy atom. The number of carboxylic acids is 1. The van der Waals surface area contributed by atoms with E-state index in [4.69, 9.17) is 0 Å². The summed E-state index contributed by atoms with van der Waals surface area (Å²) in [6.07, 6.45) is 24.0. The van der Waals surface area contributed by atoms with Crippen LogP contribution in [0.2, 0.25) is 0 Å². The summed E-state index contributed by atoms with van der Waals surface area (Å²) in [7, 11) is 0. The standard InChI is InChI=1S/C29H41IO3/c1-2-3-4-5-6-7-8-9-10-11-12-13-14-15-16-17-19-24-20-18-21-26-25(24)22-23-27(29(31)32)28(26)30-33/h11-12,18,20-23H,2-10,13-17,19H2,1H3,(H,31,32). The molecule has 0 unspecified atom stereocenters. The Labute approximate surface area is 210 Å². The van der Waals surface area contributed by atoms with Crippen LogP contribution in [0.15, 0.2) is 42.5 Å². The molecular weight excluding hydrogens is 523 g/mol. The molecule has 2 aromatic rings. The van der Waals surface area contributed by atoms with E-state index in [2.05, 4.69) is 25.1 Å². The highest BCUT2D eigenvalue weighted by Gasteiger charge is 2.15. The number of unbranched alkanes of at least 4 members (excludes halogenated alkanes) is 12. The predicted molar refractivity (Wildman–Crippen MR) is 147 cm³/mol. The summed E-state index contributed by atoms with van der Waals surface area (Å²) in [4.78, 5) is 11.4. The SMILES string of the molecule is CCCCCCCCCCC=CCCCCCCc1cccc2c(I=O)c(C(=O)O)ccc12. The maximum absolute atomic E-state index is 11.7. The number of fused-ring (bicyclic) bond motifs is 1. The van der Waals surface area contributed by atoms with Crippen LogP contribution in [0.1, 0.15) is 113 Å². The summed E-state index contributed by atoms with van der Waals surface area (Å²) < 4.78 is 12.3. The lowest BCUT2D eigenvalue weighted by Crippen LogP contribution is -2.01. The van der Waals surface area contributed by atoms with Gasteiger partial charge in [-0.1, -0.05) is 101 Å². The minimum Gasteiger partial charge on any atom is -0.478 e. The van der Waals surface area contributed by atoms with Crippen LogP contribution in [0.5, 0.6) is 0 Å². The Morgan fingerprint density at radius 3 is 2.00 bits per heavy atom. The van der Waals surface area contributed by atoms with Crippen molar-refractivity contribution >= 4 is 37.9 Å². The van der Waals surface area contributed by atoms with Crippen LogP contribution in [0.4, 0.5) is 0 Å². The summed E-state index contributed by atoms with van der Waals surface area (Å²) in [5.41, 5.74) is 1.41. The molecule has 0 saturated carbocycles. The first-order valence-electron chi connectivity index (χ1n) is 12.9. The third kappa shape index (κ3) is 10.1. The van der Waals surface area contributed by atoms with Crippen molar-refractivity contribution in [2.75, 3.05) is 0 Å². The highest BCUT2D eigenvalue weighted by atomic mass is 127. The summed E-state index contributed by atoms with van der Waals surface area (Å²) in [5.74, 6) is -1.00. The molecule has 1 N–H and O–H groups in total. The van der Waals surface area contributed by atoms with E-state index in [1.807, 2.05) is 18.2 Å². The van der Waals surface area contributed by atoms with Crippen molar-refractivity contribution in [1.82, 2.24) is 0 Å². The molecule has 0 spiro atoms. The van der Waals surface area contributed by atoms with Crippen LogP contribution >= 0.6 is 21.2 Å². The average Bonchev–Trinajstić information content (AvgIpc) is 2.82. The number of benzene rings is 2. The van der Waals surface area contributed by atoms with Crippen LogP contribution < -0.4 is 0 Å². The molecule has 3 nitrogen and oxygen atoms in total. The number of rotatable bonds is 18. The fraction of sp³-hybridized carbons (Fsp3) is 0.552. The molecule has 0 atom stereocenters. The van der Waals surface area contributed by atoms with Crippen molar-refractivity contribution < 1.29 is 13.0 Å². The van der Waals surface area contributed by atoms with Gasteiger partial charge in [0.1, 0.15) is 0 Å². The minimum atomic E-state index is -1.53. The lowest BCUT2D eigenvalue weighted by Gasteiger charge is -2.09. The van der Waals surface area contributed by atoms with Gasteiger partial charge in [-0.2, -0.15) is 0 Å². The maximum Gasteiger partial charge on any atom is 0.336 e. The molecule has 0 saturated heterocycles. The van der Waals surface area contributed by atoms with Gasteiger partial charge in [-0.05, 0) is 60.9 Å². The predicted octanol–water partition coefficient (Wildman–Crippen LogP) is 9.60. The van der Waals surface area contributed by atoms with Crippen molar-refractivity contribution in [3.05, 3.63) is 57.2 Å². The zero-order valence-electron chi connectivity index (χ0n) is 20.3. The number of hydrogen-bond acceptors (Lipinski definition) is 2. The van der Waals surface area contributed by atoms with Gasteiger partial charge in [0.05, 0.1) is 9.13 Å². The van der Waals surface area contributed by atoms with E-state index < -0.39 is 27.2 Å². The molecule has 2 rings (SSSR count). The number of hydrogen-bond donors (Lipinski definition) is 1. The fourth-order valence-electron chi connectivity index (χ4n) is 4.42. The molecule has 0 bridgehead atoms. The van der Waals surface area contributed by atoms with Gasteiger partial charge < -0.3 is 5.11 Å². The Kier molecular flexibility index (Phi) is 14.2. The smallest absolute Gasteiger partial charge is 0.336 e. The number of aromatic carboxylic acids is 1. The summed E-state index contributed by atoms with van der Waals surface area (Å²) in [6, 6.07) is 9.47. The second-order valence-electron chi connectivity index (χ2n) is 9.01. The number of carbonyl (C=O) groups is 1. The van der Waals surface area contributed by atoms with E-state index in [0.717, 1.165) is 23.6 Å². The first-order valence-corrected chi connectivity index (χ1v) is 14.8. The van der Waals surface area contributed by atoms with E-state index in [-0.39, 0.29) is 5.56 Å². The normalized spacial score (nSPS) is 11.5. The van der Waals surface area contributed by atoms with E-state index in [1.54, 1.807) is 6.07 Å². The Morgan fingerprint density at radius 1 is 0.788 bits per heavy atom. The van der Waals surface area contributed by atoms with Gasteiger partial charge in [-0.3, -0.25) is 3.07 Å². The first kappa shape index (κ1) is 27.7. The first-order chi connectivity index (χ1) is 16.2. The van der Waals surface area contributed by atoms with Gasteiger partial charge in [0, 0.05) is 0 Å². The third-order valence-corrected chi connectivity index (χ3v) is 7.95. The Balaban J connectivity index is 1.61. The average molecular weight is 565 g/mol.